The van der Waals surface area contributed by atoms with E-state index in [1.54, 1.807) is 0 Å². The molecule has 106 valence electrons. The molecule has 2 rings (SSSR count). The Balaban J connectivity index is 2.14. The molecule has 0 aromatic heterocycles. The molecule has 1 N–H and O–H groups in total. The molecule has 0 aliphatic carbocycles. The molecule has 0 saturated carbocycles. The minimum Gasteiger partial charge on any atom is -0.306 e. The van der Waals surface area contributed by atoms with Crippen molar-refractivity contribution < 1.29 is 8.76 Å². The van der Waals surface area contributed by atoms with Crippen LogP contribution in [0.25, 0.3) is 0 Å². The zero-order chi connectivity index (χ0) is 13.8. The summed E-state index contributed by atoms with van der Waals surface area (Å²) in [4.78, 5) is 2.48. The standard InChI is InChI=1S/C15H23NO2S/c1-3-16-9-7-13(8-10-16)15-6-4-5-14(12(15)2)11-19(17)18/h4-6,13H,3,7-11H2,1-2H3,(H,17,18). The van der Waals surface area contributed by atoms with Gasteiger partial charge >= 0.3 is 0 Å². The van der Waals surface area contributed by atoms with Crippen LogP contribution in [0.5, 0.6) is 0 Å². The Morgan fingerprint density at radius 3 is 2.63 bits per heavy atom. The average molecular weight is 281 g/mol. The maximum Gasteiger partial charge on any atom is 0.157 e. The van der Waals surface area contributed by atoms with Gasteiger partial charge in [-0.15, -0.1) is 0 Å². The van der Waals surface area contributed by atoms with Crippen molar-refractivity contribution in [2.75, 3.05) is 19.6 Å². The van der Waals surface area contributed by atoms with Crippen LogP contribution in [-0.2, 0) is 16.8 Å². The maximum absolute atomic E-state index is 11.0. The molecule has 0 radical (unpaired) electrons. The van der Waals surface area contributed by atoms with Gasteiger partial charge in [0.05, 0.1) is 5.75 Å². The summed E-state index contributed by atoms with van der Waals surface area (Å²) in [6.07, 6.45) is 2.39. The molecule has 1 aromatic carbocycles. The fourth-order valence-corrected chi connectivity index (χ4v) is 3.57. The molecule has 1 atom stereocenters. The molecule has 0 spiro atoms. The van der Waals surface area contributed by atoms with Crippen molar-refractivity contribution in [3.8, 4) is 0 Å². The number of piperidine rings is 1. The molecule has 0 amide bonds. The summed E-state index contributed by atoms with van der Waals surface area (Å²) in [5.74, 6) is 0.850. The quantitative estimate of drug-likeness (QED) is 0.863. The lowest BCUT2D eigenvalue weighted by atomic mass is 9.85. The molecule has 19 heavy (non-hydrogen) atoms. The van der Waals surface area contributed by atoms with Crippen molar-refractivity contribution in [2.24, 2.45) is 0 Å². The third-order valence-corrected chi connectivity index (χ3v) is 4.80. The van der Waals surface area contributed by atoms with Gasteiger partial charge in [-0.1, -0.05) is 25.1 Å². The van der Waals surface area contributed by atoms with E-state index in [2.05, 4.69) is 24.8 Å². The van der Waals surface area contributed by atoms with Gasteiger partial charge in [0.2, 0.25) is 0 Å². The minimum absolute atomic E-state index is 0.244. The maximum atomic E-state index is 11.0. The normalized spacial score (nSPS) is 19.5. The molecule has 1 fully saturated rings. The first-order valence-electron chi connectivity index (χ1n) is 7.00. The van der Waals surface area contributed by atoms with Crippen LogP contribution in [0, 0.1) is 6.92 Å². The zero-order valence-corrected chi connectivity index (χ0v) is 12.6. The smallest absolute Gasteiger partial charge is 0.157 e. The van der Waals surface area contributed by atoms with Gasteiger partial charge in [-0.2, -0.15) is 0 Å². The summed E-state index contributed by atoms with van der Waals surface area (Å²) >= 11 is -1.76. The van der Waals surface area contributed by atoms with Crippen molar-refractivity contribution >= 4 is 11.1 Å². The van der Waals surface area contributed by atoms with Gasteiger partial charge in [0.1, 0.15) is 0 Å². The Hall–Kier alpha value is -0.710. The highest BCUT2D eigenvalue weighted by Crippen LogP contribution is 2.31. The van der Waals surface area contributed by atoms with Crippen LogP contribution in [-0.4, -0.2) is 33.3 Å². The second kappa shape index (κ2) is 6.64. The highest BCUT2D eigenvalue weighted by atomic mass is 32.2. The van der Waals surface area contributed by atoms with Crippen molar-refractivity contribution in [3.63, 3.8) is 0 Å². The molecular formula is C15H23NO2S. The van der Waals surface area contributed by atoms with Gasteiger partial charge in [0.15, 0.2) is 11.1 Å². The topological polar surface area (TPSA) is 40.5 Å². The van der Waals surface area contributed by atoms with Crippen LogP contribution in [0.2, 0.25) is 0 Å². The fourth-order valence-electron chi connectivity index (χ4n) is 3.00. The van der Waals surface area contributed by atoms with Crippen molar-refractivity contribution in [3.05, 3.63) is 34.9 Å². The third kappa shape index (κ3) is 3.65. The van der Waals surface area contributed by atoms with Crippen molar-refractivity contribution in [1.29, 1.82) is 0 Å². The van der Waals surface area contributed by atoms with Gasteiger partial charge in [-0.25, -0.2) is 4.21 Å². The predicted molar refractivity (Wildman–Crippen MR) is 79.7 cm³/mol. The number of benzene rings is 1. The van der Waals surface area contributed by atoms with Gasteiger partial charge in [-0.3, -0.25) is 0 Å². The molecular weight excluding hydrogens is 258 g/mol. The molecule has 1 aliphatic rings. The molecule has 0 bridgehead atoms. The first-order valence-corrected chi connectivity index (χ1v) is 8.27. The summed E-state index contributed by atoms with van der Waals surface area (Å²) in [5, 5.41) is 0. The summed E-state index contributed by atoms with van der Waals surface area (Å²) < 4.78 is 20.1. The first kappa shape index (κ1) is 14.7. The summed E-state index contributed by atoms with van der Waals surface area (Å²) in [7, 11) is 0. The second-order valence-corrected chi connectivity index (χ2v) is 6.24. The summed E-state index contributed by atoms with van der Waals surface area (Å²) in [6.45, 7) is 7.76. The molecule has 1 aromatic rings. The summed E-state index contributed by atoms with van der Waals surface area (Å²) in [5.41, 5.74) is 3.59. The Labute approximate surface area is 118 Å². The zero-order valence-electron chi connectivity index (χ0n) is 11.8. The number of likely N-dealkylation sites (tertiary alicyclic amines) is 1. The molecule has 1 aliphatic heterocycles. The molecule has 1 saturated heterocycles. The van der Waals surface area contributed by atoms with Crippen LogP contribution < -0.4 is 0 Å². The third-order valence-electron chi connectivity index (χ3n) is 4.24. The van der Waals surface area contributed by atoms with E-state index in [4.69, 9.17) is 4.55 Å². The molecule has 3 nitrogen and oxygen atoms in total. The SMILES string of the molecule is CCN1CCC(c2cccc(CS(=O)O)c2C)CC1. The Morgan fingerprint density at radius 1 is 1.37 bits per heavy atom. The number of rotatable bonds is 4. The highest BCUT2D eigenvalue weighted by Gasteiger charge is 2.21. The Bertz CT molecular complexity index is 453. The highest BCUT2D eigenvalue weighted by molar-refractivity contribution is 7.78. The van der Waals surface area contributed by atoms with E-state index in [0.717, 1.165) is 25.2 Å². The Kier molecular flexibility index (Phi) is 5.13. The van der Waals surface area contributed by atoms with Crippen molar-refractivity contribution in [2.45, 2.75) is 38.4 Å². The van der Waals surface area contributed by atoms with E-state index < -0.39 is 11.1 Å². The van der Waals surface area contributed by atoms with Crippen LogP contribution in [0.3, 0.4) is 0 Å². The Morgan fingerprint density at radius 2 is 2.05 bits per heavy atom. The van der Waals surface area contributed by atoms with Crippen LogP contribution in [0.4, 0.5) is 0 Å². The average Bonchev–Trinajstić information content (AvgIpc) is 2.41. The van der Waals surface area contributed by atoms with Gasteiger partial charge < -0.3 is 9.45 Å². The van der Waals surface area contributed by atoms with E-state index in [-0.39, 0.29) is 5.75 Å². The number of nitrogens with zero attached hydrogens (tertiary/aromatic N) is 1. The largest absolute Gasteiger partial charge is 0.306 e. The van der Waals surface area contributed by atoms with Crippen LogP contribution in [0.15, 0.2) is 18.2 Å². The lowest BCUT2D eigenvalue weighted by Gasteiger charge is -2.32. The van der Waals surface area contributed by atoms with E-state index in [1.165, 1.54) is 24.0 Å². The minimum atomic E-state index is -1.76. The van der Waals surface area contributed by atoms with E-state index in [9.17, 15) is 4.21 Å². The van der Waals surface area contributed by atoms with Crippen LogP contribution >= 0.6 is 0 Å². The second-order valence-electron chi connectivity index (χ2n) is 5.31. The predicted octanol–water partition coefficient (Wildman–Crippen LogP) is 2.92. The number of hydrogen-bond donors (Lipinski definition) is 1. The fraction of sp³-hybridized carbons (Fsp3) is 0.600. The lowest BCUT2D eigenvalue weighted by Crippen LogP contribution is -2.32. The van der Waals surface area contributed by atoms with Gasteiger partial charge in [0, 0.05) is 0 Å². The molecule has 1 heterocycles. The first-order chi connectivity index (χ1) is 9.11. The number of hydrogen-bond acceptors (Lipinski definition) is 2. The van der Waals surface area contributed by atoms with Gasteiger partial charge in [-0.05, 0) is 62.0 Å². The summed E-state index contributed by atoms with van der Waals surface area (Å²) in [6, 6.07) is 6.18. The van der Waals surface area contributed by atoms with E-state index in [0.29, 0.717) is 5.92 Å². The monoisotopic (exact) mass is 281 g/mol. The van der Waals surface area contributed by atoms with E-state index in [1.807, 2.05) is 12.1 Å². The van der Waals surface area contributed by atoms with Crippen molar-refractivity contribution in [1.82, 2.24) is 4.90 Å². The van der Waals surface area contributed by atoms with E-state index >= 15 is 0 Å². The van der Waals surface area contributed by atoms with Crippen LogP contribution in [0.1, 0.15) is 42.4 Å². The van der Waals surface area contributed by atoms with Gasteiger partial charge in [0.25, 0.3) is 0 Å². The molecule has 4 heteroatoms. The lowest BCUT2D eigenvalue weighted by molar-refractivity contribution is 0.222. The molecule has 1 unspecified atom stereocenters.